The topological polar surface area (TPSA) is 51.0 Å². The number of nitrogens with zero attached hydrogens (tertiary/aromatic N) is 4. The van der Waals surface area contributed by atoms with Gasteiger partial charge in [0.1, 0.15) is 0 Å². The maximum absolute atomic E-state index is 13.0. The van der Waals surface area contributed by atoms with E-state index in [1.165, 1.54) is 5.56 Å². The predicted octanol–water partition coefficient (Wildman–Crippen LogP) is 5.25. The van der Waals surface area contributed by atoms with Crippen molar-refractivity contribution >= 4 is 50.0 Å². The molecule has 0 aliphatic heterocycles. The van der Waals surface area contributed by atoms with E-state index in [1.807, 2.05) is 40.4 Å². The van der Waals surface area contributed by atoms with Crippen molar-refractivity contribution in [3.8, 4) is 0 Å². The average Bonchev–Trinajstić information content (AvgIpc) is 3.50. The molecule has 0 radical (unpaired) electrons. The third-order valence-electron chi connectivity index (χ3n) is 4.64. The average molecular weight is 423 g/mol. The molecular weight excluding hydrogens is 400 g/mol. The number of rotatable bonds is 8. The fourth-order valence-electron chi connectivity index (χ4n) is 3.05. The molecule has 5 nitrogen and oxygen atoms in total. The molecule has 0 unspecified atom stereocenters. The van der Waals surface area contributed by atoms with Gasteiger partial charge in [-0.3, -0.25) is 9.69 Å². The third kappa shape index (κ3) is 4.81. The first-order valence-electron chi connectivity index (χ1n) is 9.61. The fourth-order valence-corrected chi connectivity index (χ4v) is 4.73. The number of thiophene rings is 1. The maximum atomic E-state index is 13.0. The number of fused-ring (bicyclic) bond motifs is 1. The Hall–Kier alpha value is -2.77. The van der Waals surface area contributed by atoms with Gasteiger partial charge in [0.15, 0.2) is 5.13 Å². The second kappa shape index (κ2) is 9.15. The van der Waals surface area contributed by atoms with Crippen LogP contribution >= 0.6 is 22.7 Å². The monoisotopic (exact) mass is 422 g/mol. The first-order valence-corrected chi connectivity index (χ1v) is 11.3. The van der Waals surface area contributed by atoms with E-state index >= 15 is 0 Å². The summed E-state index contributed by atoms with van der Waals surface area (Å²) in [5, 5.41) is 2.76. The van der Waals surface area contributed by atoms with Gasteiger partial charge in [-0.2, -0.15) is 0 Å². The van der Waals surface area contributed by atoms with Gasteiger partial charge >= 0.3 is 0 Å². The van der Waals surface area contributed by atoms with E-state index in [1.54, 1.807) is 46.2 Å². The zero-order chi connectivity index (χ0) is 20.1. The quantitative estimate of drug-likeness (QED) is 0.364. The highest BCUT2D eigenvalue weighted by molar-refractivity contribution is 7.22. The van der Waals surface area contributed by atoms with Crippen molar-refractivity contribution < 1.29 is 4.79 Å². The van der Waals surface area contributed by atoms with E-state index in [-0.39, 0.29) is 5.91 Å². The van der Waals surface area contributed by atoms with Crippen LogP contribution in [0.1, 0.15) is 23.8 Å². The summed E-state index contributed by atoms with van der Waals surface area (Å²) in [7, 11) is 0. The lowest BCUT2D eigenvalue weighted by atomic mass is 10.2. The molecule has 0 saturated heterocycles. The molecule has 4 rings (SSSR count). The Bertz CT molecular complexity index is 1100. The lowest BCUT2D eigenvalue weighted by Crippen LogP contribution is -2.30. The zero-order valence-corrected chi connectivity index (χ0v) is 17.8. The Labute approximate surface area is 178 Å². The molecule has 7 heteroatoms. The van der Waals surface area contributed by atoms with Crippen LogP contribution in [0.5, 0.6) is 0 Å². The van der Waals surface area contributed by atoms with E-state index in [0.717, 1.165) is 39.6 Å². The van der Waals surface area contributed by atoms with Gasteiger partial charge in [-0.05, 0) is 48.1 Å². The van der Waals surface area contributed by atoms with Crippen molar-refractivity contribution in [1.82, 2.24) is 14.5 Å². The number of carbonyl (C=O) groups is 1. The molecule has 0 aliphatic rings. The molecule has 148 valence electrons. The molecule has 0 atom stereocenters. The molecule has 0 fully saturated rings. The van der Waals surface area contributed by atoms with Gasteiger partial charge < -0.3 is 4.57 Å². The van der Waals surface area contributed by atoms with Crippen molar-refractivity contribution in [3.05, 3.63) is 70.9 Å². The van der Waals surface area contributed by atoms with Gasteiger partial charge in [-0.25, -0.2) is 9.97 Å². The summed E-state index contributed by atoms with van der Waals surface area (Å²) in [6, 6.07) is 10.3. The summed E-state index contributed by atoms with van der Waals surface area (Å²) in [6.07, 6.45) is 10.8. The van der Waals surface area contributed by atoms with Crippen LogP contribution in [0.25, 0.3) is 16.3 Å². The molecule has 29 heavy (non-hydrogen) atoms. The Morgan fingerprint density at radius 3 is 3.00 bits per heavy atom. The van der Waals surface area contributed by atoms with Gasteiger partial charge in [0.25, 0.3) is 5.91 Å². The molecule has 3 heterocycles. The van der Waals surface area contributed by atoms with Crippen molar-refractivity contribution in [1.29, 1.82) is 0 Å². The molecule has 0 spiro atoms. The maximum Gasteiger partial charge on any atom is 0.252 e. The van der Waals surface area contributed by atoms with Gasteiger partial charge in [0, 0.05) is 36.4 Å². The molecule has 0 bridgehead atoms. The van der Waals surface area contributed by atoms with Crippen LogP contribution in [0.2, 0.25) is 0 Å². The summed E-state index contributed by atoms with van der Waals surface area (Å²) >= 11 is 3.19. The highest BCUT2D eigenvalue weighted by Gasteiger charge is 2.18. The number of anilines is 1. The highest BCUT2D eigenvalue weighted by atomic mass is 32.1. The number of amides is 1. The predicted molar refractivity (Wildman–Crippen MR) is 122 cm³/mol. The Balaban J connectivity index is 1.57. The fraction of sp³-hybridized carbons (Fsp3) is 0.227. The summed E-state index contributed by atoms with van der Waals surface area (Å²) in [4.78, 5) is 24.7. The molecular formula is C22H22N4OS2. The van der Waals surface area contributed by atoms with Crippen LogP contribution in [0.3, 0.4) is 0 Å². The summed E-state index contributed by atoms with van der Waals surface area (Å²) in [6.45, 7) is 3.56. The normalized spacial score (nSPS) is 11.5. The summed E-state index contributed by atoms with van der Waals surface area (Å²) in [5.41, 5.74) is 2.22. The minimum Gasteiger partial charge on any atom is -0.337 e. The van der Waals surface area contributed by atoms with Crippen LogP contribution in [-0.2, 0) is 17.8 Å². The third-order valence-corrected chi connectivity index (χ3v) is 6.52. The minimum absolute atomic E-state index is 0.0428. The number of thiazole rings is 1. The molecule has 1 amide bonds. The Morgan fingerprint density at radius 1 is 1.31 bits per heavy atom. The lowest BCUT2D eigenvalue weighted by molar-refractivity contribution is -0.114. The van der Waals surface area contributed by atoms with Gasteiger partial charge in [-0.15, -0.1) is 11.3 Å². The van der Waals surface area contributed by atoms with Crippen molar-refractivity contribution in [3.63, 3.8) is 0 Å². The number of hydrogen-bond acceptors (Lipinski definition) is 5. The van der Waals surface area contributed by atoms with E-state index in [4.69, 9.17) is 4.98 Å². The smallest absolute Gasteiger partial charge is 0.252 e. The lowest BCUT2D eigenvalue weighted by Gasteiger charge is -2.18. The molecule has 3 aromatic heterocycles. The van der Waals surface area contributed by atoms with Crippen molar-refractivity contribution in [2.24, 2.45) is 0 Å². The van der Waals surface area contributed by atoms with Gasteiger partial charge in [0.05, 0.1) is 16.5 Å². The standard InChI is InChI=1S/C22H22N4OS2/c1-2-17-6-8-19-20(15-17)29-22(24-19)26(12-4-11-25-13-10-23-16-25)21(27)9-7-18-5-3-14-28-18/h3,5-10,13-16H,2,4,11-12H2,1H3. The largest absolute Gasteiger partial charge is 0.337 e. The number of hydrogen-bond donors (Lipinski definition) is 0. The SMILES string of the molecule is CCc1ccc2nc(N(CCCn3ccnc3)C(=O)C=Cc3cccs3)sc2c1. The summed E-state index contributed by atoms with van der Waals surface area (Å²) in [5.74, 6) is -0.0428. The van der Waals surface area contributed by atoms with Crippen molar-refractivity contribution in [2.45, 2.75) is 26.3 Å². The number of aromatic nitrogens is 3. The van der Waals surface area contributed by atoms with Crippen LogP contribution in [0.15, 0.2) is 60.5 Å². The van der Waals surface area contributed by atoms with Crippen LogP contribution in [0, 0.1) is 0 Å². The number of carbonyl (C=O) groups excluding carboxylic acids is 1. The molecule has 0 aliphatic carbocycles. The zero-order valence-electron chi connectivity index (χ0n) is 16.2. The molecule has 0 saturated carbocycles. The minimum atomic E-state index is -0.0428. The van der Waals surface area contributed by atoms with Crippen molar-refractivity contribution in [2.75, 3.05) is 11.4 Å². The first-order chi connectivity index (χ1) is 14.2. The van der Waals surface area contributed by atoms with Crippen LogP contribution in [0.4, 0.5) is 5.13 Å². The van der Waals surface area contributed by atoms with Gasteiger partial charge in [-0.1, -0.05) is 30.4 Å². The Morgan fingerprint density at radius 2 is 2.24 bits per heavy atom. The van der Waals surface area contributed by atoms with E-state index in [2.05, 4.69) is 24.0 Å². The molecule has 0 N–H and O–H groups in total. The van der Waals surface area contributed by atoms with E-state index < -0.39 is 0 Å². The number of imidazole rings is 1. The number of aryl methyl sites for hydroxylation is 2. The molecule has 4 aromatic rings. The highest BCUT2D eigenvalue weighted by Crippen LogP contribution is 2.30. The molecule has 1 aromatic carbocycles. The van der Waals surface area contributed by atoms with E-state index in [9.17, 15) is 4.79 Å². The number of benzene rings is 1. The first kappa shape index (κ1) is 19.5. The van der Waals surface area contributed by atoms with Crippen LogP contribution < -0.4 is 4.90 Å². The second-order valence-electron chi connectivity index (χ2n) is 6.64. The Kier molecular flexibility index (Phi) is 6.17. The second-order valence-corrected chi connectivity index (χ2v) is 8.63. The van der Waals surface area contributed by atoms with E-state index in [0.29, 0.717) is 6.54 Å². The summed E-state index contributed by atoms with van der Waals surface area (Å²) < 4.78 is 3.14. The van der Waals surface area contributed by atoms with Crippen LogP contribution in [-0.4, -0.2) is 27.0 Å². The van der Waals surface area contributed by atoms with Gasteiger partial charge in [0.2, 0.25) is 0 Å².